The van der Waals surface area contributed by atoms with Crippen LogP contribution in [0.25, 0.3) is 10.8 Å². The number of carbonyl (C=O) groups is 2. The summed E-state index contributed by atoms with van der Waals surface area (Å²) in [5, 5.41) is 19.3. The lowest BCUT2D eigenvalue weighted by atomic mass is 9.98. The Morgan fingerprint density at radius 2 is 1.71 bits per heavy atom. The summed E-state index contributed by atoms with van der Waals surface area (Å²) in [4.78, 5) is 21.8. The molecule has 0 aromatic heterocycles. The molecule has 2 aromatic carbocycles. The largest absolute Gasteiger partial charge is 0.478 e. The van der Waals surface area contributed by atoms with Gasteiger partial charge in [0.15, 0.2) is 0 Å². The molecule has 0 spiro atoms. The van der Waals surface area contributed by atoms with Gasteiger partial charge in [0.1, 0.15) is 0 Å². The lowest BCUT2D eigenvalue weighted by molar-refractivity contribution is 0.0685. The quantitative estimate of drug-likeness (QED) is 0.831. The molecule has 2 rings (SSSR count). The normalized spacial score (nSPS) is 10.4. The minimum Gasteiger partial charge on any atom is -0.478 e. The van der Waals surface area contributed by atoms with E-state index in [0.717, 1.165) is 10.8 Å². The maximum atomic E-state index is 10.9. The Hall–Kier alpha value is -2.36. The first-order chi connectivity index (χ1) is 8.00. The van der Waals surface area contributed by atoms with Crippen molar-refractivity contribution in [2.45, 2.75) is 6.92 Å². The van der Waals surface area contributed by atoms with Crippen LogP contribution in [0.4, 0.5) is 0 Å². The number of aryl methyl sites for hydroxylation is 1. The first-order valence-electron chi connectivity index (χ1n) is 5.00. The maximum Gasteiger partial charge on any atom is 0.335 e. The molecule has 0 aliphatic rings. The summed E-state index contributed by atoms with van der Waals surface area (Å²) < 4.78 is 0. The Bertz CT molecular complexity index is 629. The van der Waals surface area contributed by atoms with E-state index in [1.54, 1.807) is 19.1 Å². The van der Waals surface area contributed by atoms with E-state index < -0.39 is 11.9 Å². The van der Waals surface area contributed by atoms with Gasteiger partial charge < -0.3 is 10.2 Å². The van der Waals surface area contributed by atoms with Gasteiger partial charge in [0.05, 0.1) is 11.1 Å². The molecule has 17 heavy (non-hydrogen) atoms. The van der Waals surface area contributed by atoms with Crippen LogP contribution in [0.2, 0.25) is 0 Å². The molecule has 4 heteroatoms. The van der Waals surface area contributed by atoms with Crippen LogP contribution >= 0.6 is 0 Å². The zero-order valence-corrected chi connectivity index (χ0v) is 9.10. The fourth-order valence-electron chi connectivity index (χ4n) is 1.85. The van der Waals surface area contributed by atoms with E-state index in [2.05, 4.69) is 0 Å². The SMILES string of the molecule is Cc1c(C(=O)O)ccc2cc(C(=O)O)ccc12. The second kappa shape index (κ2) is 3.90. The summed E-state index contributed by atoms with van der Waals surface area (Å²) in [6.45, 7) is 1.71. The van der Waals surface area contributed by atoms with Gasteiger partial charge in [-0.3, -0.25) is 0 Å². The van der Waals surface area contributed by atoms with Crippen LogP contribution in [-0.4, -0.2) is 22.2 Å². The number of carboxylic acids is 2. The molecular formula is C13H10O4. The standard InChI is InChI=1S/C13H10O4/c1-7-10-4-3-9(12(14)15)6-8(10)2-5-11(7)13(16)17/h2-6H,1H3,(H,14,15)(H,16,17). The summed E-state index contributed by atoms with van der Waals surface area (Å²) in [6.07, 6.45) is 0. The van der Waals surface area contributed by atoms with Gasteiger partial charge in [-0.05, 0) is 41.5 Å². The fourth-order valence-corrected chi connectivity index (χ4v) is 1.85. The van der Waals surface area contributed by atoms with Crippen molar-refractivity contribution < 1.29 is 19.8 Å². The predicted molar refractivity (Wildman–Crippen MR) is 62.6 cm³/mol. The first-order valence-corrected chi connectivity index (χ1v) is 5.00. The Kier molecular flexibility index (Phi) is 2.55. The first kappa shape index (κ1) is 11.1. The van der Waals surface area contributed by atoms with E-state index in [9.17, 15) is 9.59 Å². The summed E-state index contributed by atoms with van der Waals surface area (Å²) in [5.41, 5.74) is 1.08. The Morgan fingerprint density at radius 3 is 2.29 bits per heavy atom. The second-order valence-corrected chi connectivity index (χ2v) is 3.78. The van der Waals surface area contributed by atoms with Crippen molar-refractivity contribution in [3.05, 3.63) is 47.0 Å². The molecule has 0 amide bonds. The smallest absolute Gasteiger partial charge is 0.335 e. The highest BCUT2D eigenvalue weighted by molar-refractivity contribution is 6.00. The zero-order chi connectivity index (χ0) is 12.6. The van der Waals surface area contributed by atoms with Crippen molar-refractivity contribution in [3.63, 3.8) is 0 Å². The molecule has 0 aliphatic heterocycles. The predicted octanol–water partition coefficient (Wildman–Crippen LogP) is 2.54. The number of fused-ring (bicyclic) bond motifs is 1. The highest BCUT2D eigenvalue weighted by Gasteiger charge is 2.11. The van der Waals surface area contributed by atoms with Crippen molar-refractivity contribution in [2.24, 2.45) is 0 Å². The third kappa shape index (κ3) is 1.85. The van der Waals surface area contributed by atoms with Crippen LogP contribution in [0.1, 0.15) is 26.3 Å². The number of aromatic carboxylic acids is 2. The molecule has 0 radical (unpaired) electrons. The number of carboxylic acid groups (broad SMARTS) is 2. The van der Waals surface area contributed by atoms with Crippen LogP contribution < -0.4 is 0 Å². The lowest BCUT2D eigenvalue weighted by Gasteiger charge is -2.06. The molecule has 86 valence electrons. The molecule has 2 aromatic rings. The molecule has 0 saturated heterocycles. The number of hydrogen-bond acceptors (Lipinski definition) is 2. The molecule has 0 fully saturated rings. The van der Waals surface area contributed by atoms with Crippen LogP contribution in [0, 0.1) is 6.92 Å². The summed E-state index contributed by atoms with van der Waals surface area (Å²) in [6, 6.07) is 7.77. The van der Waals surface area contributed by atoms with Crippen LogP contribution in [-0.2, 0) is 0 Å². The van der Waals surface area contributed by atoms with Crippen LogP contribution in [0.15, 0.2) is 30.3 Å². The van der Waals surface area contributed by atoms with Crippen LogP contribution in [0.3, 0.4) is 0 Å². The lowest BCUT2D eigenvalue weighted by Crippen LogP contribution is -2.01. The molecule has 0 aliphatic carbocycles. The van der Waals surface area contributed by atoms with Crippen molar-refractivity contribution in [1.29, 1.82) is 0 Å². The second-order valence-electron chi connectivity index (χ2n) is 3.78. The van der Waals surface area contributed by atoms with Gasteiger partial charge in [0, 0.05) is 0 Å². The van der Waals surface area contributed by atoms with Crippen LogP contribution in [0.5, 0.6) is 0 Å². The molecule has 2 N–H and O–H groups in total. The summed E-state index contributed by atoms with van der Waals surface area (Å²) >= 11 is 0. The Balaban J connectivity index is 2.72. The van der Waals surface area contributed by atoms with Gasteiger partial charge in [-0.2, -0.15) is 0 Å². The van der Waals surface area contributed by atoms with Gasteiger partial charge in [-0.15, -0.1) is 0 Å². The van der Waals surface area contributed by atoms with Crippen molar-refractivity contribution in [1.82, 2.24) is 0 Å². The third-order valence-electron chi connectivity index (χ3n) is 2.77. The average molecular weight is 230 g/mol. The highest BCUT2D eigenvalue weighted by Crippen LogP contribution is 2.23. The van der Waals surface area contributed by atoms with E-state index in [4.69, 9.17) is 10.2 Å². The maximum absolute atomic E-state index is 10.9. The molecule has 0 saturated carbocycles. The van der Waals surface area contributed by atoms with E-state index in [1.807, 2.05) is 0 Å². The highest BCUT2D eigenvalue weighted by atomic mass is 16.4. The van der Waals surface area contributed by atoms with E-state index in [1.165, 1.54) is 18.2 Å². The molecule has 0 bridgehead atoms. The topological polar surface area (TPSA) is 74.6 Å². The van der Waals surface area contributed by atoms with Gasteiger partial charge in [-0.25, -0.2) is 9.59 Å². The van der Waals surface area contributed by atoms with Crippen molar-refractivity contribution >= 4 is 22.7 Å². The van der Waals surface area contributed by atoms with Gasteiger partial charge >= 0.3 is 11.9 Å². The molecule has 0 unspecified atom stereocenters. The molecule has 0 heterocycles. The third-order valence-corrected chi connectivity index (χ3v) is 2.77. The average Bonchev–Trinajstić information content (AvgIpc) is 2.28. The Labute approximate surface area is 97.1 Å². The summed E-state index contributed by atoms with van der Waals surface area (Å²) in [5.74, 6) is -1.97. The van der Waals surface area contributed by atoms with Gasteiger partial charge in [-0.1, -0.05) is 12.1 Å². The van der Waals surface area contributed by atoms with Gasteiger partial charge in [0.2, 0.25) is 0 Å². The minimum atomic E-state index is -0.994. The minimum absolute atomic E-state index is 0.194. The zero-order valence-electron chi connectivity index (χ0n) is 9.10. The van der Waals surface area contributed by atoms with Gasteiger partial charge in [0.25, 0.3) is 0 Å². The molecular weight excluding hydrogens is 220 g/mol. The number of rotatable bonds is 2. The summed E-state index contributed by atoms with van der Waals surface area (Å²) in [7, 11) is 0. The van der Waals surface area contributed by atoms with Crippen molar-refractivity contribution in [3.8, 4) is 0 Å². The van der Waals surface area contributed by atoms with Crippen molar-refractivity contribution in [2.75, 3.05) is 0 Å². The molecule has 0 atom stereocenters. The number of hydrogen-bond donors (Lipinski definition) is 2. The molecule has 4 nitrogen and oxygen atoms in total. The Morgan fingerprint density at radius 1 is 1.00 bits per heavy atom. The van der Waals surface area contributed by atoms with E-state index in [0.29, 0.717) is 5.56 Å². The fraction of sp³-hybridized carbons (Fsp3) is 0.0769. The van der Waals surface area contributed by atoms with E-state index >= 15 is 0 Å². The van der Waals surface area contributed by atoms with E-state index in [-0.39, 0.29) is 11.1 Å². The number of benzene rings is 2. The monoisotopic (exact) mass is 230 g/mol.